The molecule has 0 atom stereocenters. The van der Waals surface area contributed by atoms with Crippen molar-refractivity contribution < 1.29 is 18.0 Å². The maximum atomic E-state index is 12.7. The van der Waals surface area contributed by atoms with Gasteiger partial charge in [0.1, 0.15) is 5.69 Å². The first kappa shape index (κ1) is 13.3. The highest BCUT2D eigenvalue weighted by Crippen LogP contribution is 2.34. The van der Waals surface area contributed by atoms with Gasteiger partial charge < -0.3 is 11.1 Å². The molecule has 0 bridgehead atoms. The zero-order valence-electron chi connectivity index (χ0n) is 9.36. The van der Waals surface area contributed by atoms with Gasteiger partial charge in [-0.1, -0.05) is 12.1 Å². The SMILES string of the molecule is Nc1nc(C(=O)Nc2ccccc2C(F)(F)F)cs1. The Balaban J connectivity index is 2.27. The molecular weight excluding hydrogens is 279 g/mol. The second kappa shape index (κ2) is 4.88. The van der Waals surface area contributed by atoms with E-state index < -0.39 is 17.6 Å². The van der Waals surface area contributed by atoms with Crippen molar-refractivity contribution in [2.45, 2.75) is 6.18 Å². The second-order valence-corrected chi connectivity index (χ2v) is 4.46. The van der Waals surface area contributed by atoms with E-state index in [-0.39, 0.29) is 16.5 Å². The number of anilines is 2. The Kier molecular flexibility index (Phi) is 3.43. The predicted molar refractivity (Wildman–Crippen MR) is 65.9 cm³/mol. The van der Waals surface area contributed by atoms with Gasteiger partial charge in [-0.05, 0) is 12.1 Å². The third kappa shape index (κ3) is 3.02. The van der Waals surface area contributed by atoms with Crippen molar-refractivity contribution in [1.82, 2.24) is 4.98 Å². The van der Waals surface area contributed by atoms with Gasteiger partial charge in [0.25, 0.3) is 5.91 Å². The van der Waals surface area contributed by atoms with Crippen LogP contribution in [0.5, 0.6) is 0 Å². The predicted octanol–water partition coefficient (Wildman–Crippen LogP) is 3.00. The number of para-hydroxylation sites is 1. The van der Waals surface area contributed by atoms with E-state index in [4.69, 9.17) is 5.73 Å². The van der Waals surface area contributed by atoms with Crippen LogP contribution in [0.2, 0.25) is 0 Å². The molecule has 0 saturated heterocycles. The van der Waals surface area contributed by atoms with E-state index in [1.165, 1.54) is 23.6 Å². The normalized spacial score (nSPS) is 11.3. The fourth-order valence-electron chi connectivity index (χ4n) is 1.42. The maximum absolute atomic E-state index is 12.7. The number of thiazole rings is 1. The first-order valence-electron chi connectivity index (χ1n) is 5.06. The first-order chi connectivity index (χ1) is 8.88. The van der Waals surface area contributed by atoms with Crippen molar-refractivity contribution in [2.75, 3.05) is 11.1 Å². The molecule has 0 spiro atoms. The number of alkyl halides is 3. The second-order valence-electron chi connectivity index (χ2n) is 3.57. The lowest BCUT2D eigenvalue weighted by Crippen LogP contribution is -2.16. The quantitative estimate of drug-likeness (QED) is 0.892. The van der Waals surface area contributed by atoms with E-state index in [1.54, 1.807) is 0 Å². The molecule has 8 heteroatoms. The molecule has 0 radical (unpaired) electrons. The number of aromatic nitrogens is 1. The average Bonchev–Trinajstić information content (AvgIpc) is 2.75. The highest BCUT2D eigenvalue weighted by Gasteiger charge is 2.33. The smallest absolute Gasteiger partial charge is 0.375 e. The number of hydrogen-bond acceptors (Lipinski definition) is 4. The summed E-state index contributed by atoms with van der Waals surface area (Å²) in [6.45, 7) is 0. The van der Waals surface area contributed by atoms with E-state index in [0.717, 1.165) is 17.4 Å². The topological polar surface area (TPSA) is 68.0 Å². The van der Waals surface area contributed by atoms with Crippen LogP contribution in [0.25, 0.3) is 0 Å². The number of benzene rings is 1. The van der Waals surface area contributed by atoms with Gasteiger partial charge in [0.15, 0.2) is 5.13 Å². The van der Waals surface area contributed by atoms with Crippen LogP contribution in [-0.2, 0) is 6.18 Å². The van der Waals surface area contributed by atoms with Crippen LogP contribution in [0.15, 0.2) is 29.6 Å². The molecule has 1 aromatic carbocycles. The number of nitrogen functional groups attached to an aromatic ring is 1. The van der Waals surface area contributed by atoms with Crippen LogP contribution >= 0.6 is 11.3 Å². The summed E-state index contributed by atoms with van der Waals surface area (Å²) in [5.74, 6) is -0.732. The molecule has 1 amide bonds. The lowest BCUT2D eigenvalue weighted by atomic mass is 10.1. The molecule has 0 unspecified atom stereocenters. The fraction of sp³-hybridized carbons (Fsp3) is 0.0909. The van der Waals surface area contributed by atoms with Gasteiger partial charge in [-0.25, -0.2) is 4.98 Å². The molecule has 0 fully saturated rings. The molecule has 0 aliphatic rings. The summed E-state index contributed by atoms with van der Waals surface area (Å²) < 4.78 is 38.2. The molecule has 19 heavy (non-hydrogen) atoms. The number of rotatable bonds is 2. The molecule has 1 aromatic heterocycles. The van der Waals surface area contributed by atoms with Crippen molar-refractivity contribution in [3.63, 3.8) is 0 Å². The van der Waals surface area contributed by atoms with Crippen molar-refractivity contribution in [1.29, 1.82) is 0 Å². The summed E-state index contributed by atoms with van der Waals surface area (Å²) in [6.07, 6.45) is -4.54. The summed E-state index contributed by atoms with van der Waals surface area (Å²) in [5.41, 5.74) is 4.12. The molecule has 3 N–H and O–H groups in total. The summed E-state index contributed by atoms with van der Waals surface area (Å²) in [7, 11) is 0. The van der Waals surface area contributed by atoms with Gasteiger partial charge in [0, 0.05) is 5.38 Å². The Labute approximate surface area is 110 Å². The van der Waals surface area contributed by atoms with E-state index in [0.29, 0.717) is 0 Å². The molecule has 2 rings (SSSR count). The number of carbonyl (C=O) groups excluding carboxylic acids is 1. The van der Waals surface area contributed by atoms with Crippen molar-refractivity contribution >= 4 is 28.1 Å². The minimum absolute atomic E-state index is 0.0144. The first-order valence-corrected chi connectivity index (χ1v) is 5.94. The summed E-state index contributed by atoms with van der Waals surface area (Å²) in [5, 5.41) is 3.73. The zero-order valence-corrected chi connectivity index (χ0v) is 10.2. The number of nitrogens with one attached hydrogen (secondary N) is 1. The minimum Gasteiger partial charge on any atom is -0.375 e. The molecule has 0 aliphatic heterocycles. The lowest BCUT2D eigenvalue weighted by molar-refractivity contribution is -0.136. The van der Waals surface area contributed by atoms with Gasteiger partial charge in [0.05, 0.1) is 11.3 Å². The molecule has 1 heterocycles. The monoisotopic (exact) mass is 287 g/mol. The summed E-state index contributed by atoms with van der Waals surface area (Å²) in [6, 6.07) is 4.72. The van der Waals surface area contributed by atoms with Gasteiger partial charge in [-0.2, -0.15) is 13.2 Å². The minimum atomic E-state index is -4.54. The maximum Gasteiger partial charge on any atom is 0.418 e. The zero-order chi connectivity index (χ0) is 14.0. The molecule has 100 valence electrons. The Morgan fingerprint density at radius 3 is 2.58 bits per heavy atom. The molecule has 4 nitrogen and oxygen atoms in total. The standard InChI is InChI=1S/C11H8F3N3OS/c12-11(13,14)6-3-1-2-4-7(6)16-9(18)8-5-19-10(15)17-8/h1-5H,(H2,15,17)(H,16,18). The van der Waals surface area contributed by atoms with E-state index >= 15 is 0 Å². The number of amides is 1. The fourth-order valence-corrected chi connectivity index (χ4v) is 1.96. The van der Waals surface area contributed by atoms with Crippen molar-refractivity contribution in [3.8, 4) is 0 Å². The van der Waals surface area contributed by atoms with Crippen LogP contribution in [0.1, 0.15) is 16.1 Å². The molecule has 2 aromatic rings. The number of halogens is 3. The van der Waals surface area contributed by atoms with Crippen LogP contribution in [0.4, 0.5) is 24.0 Å². The Hall–Kier alpha value is -2.09. The largest absolute Gasteiger partial charge is 0.418 e. The molecule has 0 saturated carbocycles. The van der Waals surface area contributed by atoms with E-state index in [1.807, 2.05) is 0 Å². The van der Waals surface area contributed by atoms with Gasteiger partial charge >= 0.3 is 6.18 Å². The van der Waals surface area contributed by atoms with Crippen LogP contribution in [-0.4, -0.2) is 10.9 Å². The lowest BCUT2D eigenvalue weighted by Gasteiger charge is -2.12. The highest BCUT2D eigenvalue weighted by atomic mass is 32.1. The third-order valence-corrected chi connectivity index (χ3v) is 2.91. The van der Waals surface area contributed by atoms with Gasteiger partial charge in [-0.15, -0.1) is 11.3 Å². The van der Waals surface area contributed by atoms with Crippen LogP contribution in [0, 0.1) is 0 Å². The van der Waals surface area contributed by atoms with Crippen LogP contribution in [0.3, 0.4) is 0 Å². The number of nitrogens with two attached hydrogens (primary N) is 1. The number of carbonyl (C=O) groups is 1. The van der Waals surface area contributed by atoms with E-state index in [2.05, 4.69) is 10.3 Å². The van der Waals surface area contributed by atoms with Gasteiger partial charge in [-0.3, -0.25) is 4.79 Å². The molecule has 0 aliphatic carbocycles. The van der Waals surface area contributed by atoms with Crippen LogP contribution < -0.4 is 11.1 Å². The third-order valence-electron chi connectivity index (χ3n) is 2.24. The Bertz CT molecular complexity index is 609. The number of nitrogens with zero attached hydrogens (tertiary/aromatic N) is 1. The van der Waals surface area contributed by atoms with Gasteiger partial charge in [0.2, 0.25) is 0 Å². The summed E-state index contributed by atoms with van der Waals surface area (Å²) >= 11 is 1.04. The molecular formula is C11H8F3N3OS. The van der Waals surface area contributed by atoms with Crippen molar-refractivity contribution in [2.24, 2.45) is 0 Å². The highest BCUT2D eigenvalue weighted by molar-refractivity contribution is 7.13. The Morgan fingerprint density at radius 1 is 1.32 bits per heavy atom. The average molecular weight is 287 g/mol. The van der Waals surface area contributed by atoms with Crippen molar-refractivity contribution in [3.05, 3.63) is 40.9 Å². The number of hydrogen-bond donors (Lipinski definition) is 2. The summed E-state index contributed by atoms with van der Waals surface area (Å²) in [4.78, 5) is 15.4. The Morgan fingerprint density at radius 2 is 2.00 bits per heavy atom. The van der Waals surface area contributed by atoms with E-state index in [9.17, 15) is 18.0 Å².